The van der Waals surface area contributed by atoms with Crippen molar-refractivity contribution in [3.05, 3.63) is 65.2 Å². The van der Waals surface area contributed by atoms with Gasteiger partial charge in [0, 0.05) is 18.0 Å². The van der Waals surface area contributed by atoms with Crippen LogP contribution in [0.25, 0.3) is 0 Å². The molecule has 1 aliphatic heterocycles. The van der Waals surface area contributed by atoms with Crippen molar-refractivity contribution in [1.82, 2.24) is 5.32 Å². The lowest BCUT2D eigenvalue weighted by molar-refractivity contribution is 0.0697. The number of carbonyl (C=O) groups is 2. The number of carboxylic acids is 1. The Kier molecular flexibility index (Phi) is 4.28. The molecule has 5 nitrogen and oxygen atoms in total. The number of para-hydroxylation sites is 1. The van der Waals surface area contributed by atoms with Gasteiger partial charge in [0.1, 0.15) is 5.75 Å². The lowest BCUT2D eigenvalue weighted by Crippen LogP contribution is -2.30. The first-order valence-corrected chi connectivity index (χ1v) is 7.48. The summed E-state index contributed by atoms with van der Waals surface area (Å²) in [6.07, 6.45) is 0.840. The number of ether oxygens (including phenoxy) is 1. The third-order valence-electron chi connectivity index (χ3n) is 3.96. The molecule has 1 heterocycles. The Labute approximate surface area is 133 Å². The van der Waals surface area contributed by atoms with Gasteiger partial charge in [-0.05, 0) is 36.2 Å². The minimum Gasteiger partial charge on any atom is -0.493 e. The number of aromatic carboxylic acids is 1. The Hall–Kier alpha value is -2.82. The van der Waals surface area contributed by atoms with Crippen molar-refractivity contribution in [3.63, 3.8) is 0 Å². The molecule has 0 saturated carbocycles. The highest BCUT2D eigenvalue weighted by Gasteiger charge is 2.21. The van der Waals surface area contributed by atoms with Crippen LogP contribution >= 0.6 is 0 Å². The number of benzene rings is 2. The summed E-state index contributed by atoms with van der Waals surface area (Å²) in [4.78, 5) is 23.2. The number of amides is 1. The molecule has 0 aliphatic carbocycles. The Morgan fingerprint density at radius 1 is 1.13 bits per heavy atom. The monoisotopic (exact) mass is 311 g/mol. The summed E-state index contributed by atoms with van der Waals surface area (Å²) in [5.74, 6) is -0.243. The van der Waals surface area contributed by atoms with Gasteiger partial charge >= 0.3 is 5.97 Å². The van der Waals surface area contributed by atoms with Crippen LogP contribution < -0.4 is 10.1 Å². The summed E-state index contributed by atoms with van der Waals surface area (Å²) in [6.45, 7) is 1.13. The van der Waals surface area contributed by atoms with Crippen molar-refractivity contribution in [2.45, 2.75) is 12.3 Å². The van der Waals surface area contributed by atoms with Crippen molar-refractivity contribution < 1.29 is 19.4 Å². The maximum absolute atomic E-state index is 12.2. The zero-order chi connectivity index (χ0) is 16.2. The molecule has 2 aromatic carbocycles. The summed E-state index contributed by atoms with van der Waals surface area (Å²) in [5.41, 5.74) is 1.55. The fourth-order valence-corrected chi connectivity index (χ4v) is 2.74. The van der Waals surface area contributed by atoms with E-state index in [4.69, 9.17) is 9.84 Å². The van der Waals surface area contributed by atoms with Crippen molar-refractivity contribution in [1.29, 1.82) is 0 Å². The molecule has 1 aliphatic rings. The quantitative estimate of drug-likeness (QED) is 0.910. The third-order valence-corrected chi connectivity index (χ3v) is 3.96. The highest BCUT2D eigenvalue weighted by atomic mass is 16.5. The van der Waals surface area contributed by atoms with Gasteiger partial charge in [0.25, 0.3) is 5.91 Å². The molecule has 3 rings (SSSR count). The lowest BCUT2D eigenvalue weighted by atomic mass is 9.93. The number of carboxylic acid groups (broad SMARTS) is 1. The molecule has 0 radical (unpaired) electrons. The summed E-state index contributed by atoms with van der Waals surface area (Å²) in [6, 6.07) is 13.9. The van der Waals surface area contributed by atoms with Gasteiger partial charge in [0.15, 0.2) is 0 Å². The fourth-order valence-electron chi connectivity index (χ4n) is 2.74. The van der Waals surface area contributed by atoms with Gasteiger partial charge < -0.3 is 15.2 Å². The molecule has 1 atom stereocenters. The number of hydrogen-bond donors (Lipinski definition) is 2. The van der Waals surface area contributed by atoms with E-state index in [0.29, 0.717) is 18.7 Å². The number of nitrogens with one attached hydrogen (secondary N) is 1. The van der Waals surface area contributed by atoms with Gasteiger partial charge in [-0.1, -0.05) is 24.3 Å². The van der Waals surface area contributed by atoms with E-state index in [1.807, 2.05) is 24.3 Å². The summed E-state index contributed by atoms with van der Waals surface area (Å²) >= 11 is 0. The van der Waals surface area contributed by atoms with Gasteiger partial charge in [-0.15, -0.1) is 0 Å². The SMILES string of the molecule is O=C(O)c1cccc(C(=O)NC[C@@H]2CCOc3ccccc32)c1. The highest BCUT2D eigenvalue weighted by Crippen LogP contribution is 2.32. The summed E-state index contributed by atoms with van der Waals surface area (Å²) in [5, 5.41) is 11.9. The topological polar surface area (TPSA) is 75.6 Å². The summed E-state index contributed by atoms with van der Waals surface area (Å²) in [7, 11) is 0. The number of carbonyl (C=O) groups excluding carboxylic acids is 1. The normalized spacial score (nSPS) is 16.1. The van der Waals surface area contributed by atoms with Gasteiger partial charge in [-0.25, -0.2) is 4.79 Å². The largest absolute Gasteiger partial charge is 0.493 e. The number of hydrogen-bond acceptors (Lipinski definition) is 3. The second-order valence-corrected chi connectivity index (χ2v) is 5.47. The van der Waals surface area contributed by atoms with Crippen molar-refractivity contribution in [3.8, 4) is 5.75 Å². The molecule has 5 heteroatoms. The van der Waals surface area contributed by atoms with Crippen molar-refractivity contribution in [2.75, 3.05) is 13.2 Å². The van der Waals surface area contributed by atoms with E-state index in [9.17, 15) is 9.59 Å². The Morgan fingerprint density at radius 3 is 2.74 bits per heavy atom. The standard InChI is InChI=1S/C18H17NO4/c20-17(12-4-3-5-13(10-12)18(21)22)19-11-14-8-9-23-16-7-2-1-6-15(14)16/h1-7,10,14H,8-9,11H2,(H,19,20)(H,21,22)/t14-/m0/s1. The van der Waals surface area contributed by atoms with E-state index in [0.717, 1.165) is 17.7 Å². The molecule has 2 aromatic rings. The molecule has 118 valence electrons. The van der Waals surface area contributed by atoms with E-state index in [1.165, 1.54) is 12.1 Å². The molecule has 0 aromatic heterocycles. The van der Waals surface area contributed by atoms with E-state index in [2.05, 4.69) is 5.32 Å². The first-order chi connectivity index (χ1) is 11.1. The van der Waals surface area contributed by atoms with Gasteiger partial charge in [0.2, 0.25) is 0 Å². The molecule has 0 bridgehead atoms. The predicted octanol–water partition coefficient (Wildman–Crippen LogP) is 2.68. The van der Waals surface area contributed by atoms with Crippen LogP contribution in [0, 0.1) is 0 Å². The van der Waals surface area contributed by atoms with Crippen LogP contribution in [0.15, 0.2) is 48.5 Å². The molecule has 1 amide bonds. The van der Waals surface area contributed by atoms with Gasteiger partial charge in [0.05, 0.1) is 12.2 Å². The third kappa shape index (κ3) is 3.34. The van der Waals surface area contributed by atoms with Crippen LogP contribution in [0.4, 0.5) is 0 Å². The van der Waals surface area contributed by atoms with Gasteiger partial charge in [-0.2, -0.15) is 0 Å². The molecule has 23 heavy (non-hydrogen) atoms. The van der Waals surface area contributed by atoms with Crippen LogP contribution in [0.3, 0.4) is 0 Å². The van der Waals surface area contributed by atoms with Gasteiger partial charge in [-0.3, -0.25) is 4.79 Å². The van der Waals surface area contributed by atoms with E-state index < -0.39 is 5.97 Å². The summed E-state index contributed by atoms with van der Waals surface area (Å²) < 4.78 is 5.61. The first kappa shape index (κ1) is 15.1. The maximum Gasteiger partial charge on any atom is 0.335 e. The van der Waals surface area contributed by atoms with Crippen LogP contribution in [-0.2, 0) is 0 Å². The highest BCUT2D eigenvalue weighted by molar-refractivity contribution is 5.97. The fraction of sp³-hybridized carbons (Fsp3) is 0.222. The van der Waals surface area contributed by atoms with E-state index in [1.54, 1.807) is 12.1 Å². The Morgan fingerprint density at radius 2 is 1.91 bits per heavy atom. The van der Waals surface area contributed by atoms with Crippen LogP contribution in [0.5, 0.6) is 5.75 Å². The maximum atomic E-state index is 12.2. The molecule has 0 spiro atoms. The Balaban J connectivity index is 1.68. The van der Waals surface area contributed by atoms with Crippen LogP contribution in [0.2, 0.25) is 0 Å². The molecule has 2 N–H and O–H groups in total. The predicted molar refractivity (Wildman–Crippen MR) is 85.0 cm³/mol. The van der Waals surface area contributed by atoms with E-state index >= 15 is 0 Å². The average Bonchev–Trinajstić information content (AvgIpc) is 2.59. The minimum atomic E-state index is -1.04. The molecule has 0 saturated heterocycles. The minimum absolute atomic E-state index is 0.106. The number of rotatable bonds is 4. The Bertz CT molecular complexity index is 741. The molecular weight excluding hydrogens is 294 g/mol. The van der Waals surface area contributed by atoms with E-state index in [-0.39, 0.29) is 17.4 Å². The molecule has 0 unspecified atom stereocenters. The second-order valence-electron chi connectivity index (χ2n) is 5.47. The zero-order valence-electron chi connectivity index (χ0n) is 12.5. The average molecular weight is 311 g/mol. The van der Waals surface area contributed by atoms with Crippen molar-refractivity contribution in [2.24, 2.45) is 0 Å². The first-order valence-electron chi connectivity index (χ1n) is 7.48. The van der Waals surface area contributed by atoms with Crippen LogP contribution in [0.1, 0.15) is 38.6 Å². The van der Waals surface area contributed by atoms with Crippen molar-refractivity contribution >= 4 is 11.9 Å². The molecular formula is C18H17NO4. The zero-order valence-corrected chi connectivity index (χ0v) is 12.5. The lowest BCUT2D eigenvalue weighted by Gasteiger charge is -2.26. The smallest absolute Gasteiger partial charge is 0.335 e. The van der Waals surface area contributed by atoms with Crippen LogP contribution in [-0.4, -0.2) is 30.1 Å². The molecule has 0 fully saturated rings. The number of fused-ring (bicyclic) bond motifs is 1. The second kappa shape index (κ2) is 6.52.